The first-order chi connectivity index (χ1) is 16.3. The molecule has 0 fully saturated rings. The van der Waals surface area contributed by atoms with Gasteiger partial charge in [0.1, 0.15) is 29.7 Å². The molecule has 5 nitrogen and oxygen atoms in total. The minimum atomic E-state index is -0.514. The van der Waals surface area contributed by atoms with Crippen molar-refractivity contribution in [3.05, 3.63) is 89.4 Å². The molecule has 0 heterocycles. The highest BCUT2D eigenvalue weighted by atomic mass is 127. The van der Waals surface area contributed by atoms with Gasteiger partial charge in [-0.1, -0.05) is 35.3 Å². The Hall–Kier alpha value is -2.25. The van der Waals surface area contributed by atoms with Crippen LogP contribution in [0.3, 0.4) is 0 Å². The number of rotatable bonds is 8. The maximum absolute atomic E-state index is 12.7. The van der Waals surface area contributed by atoms with E-state index >= 15 is 0 Å². The monoisotopic (exact) mass is 670 g/mol. The number of benzene rings is 3. The number of amides is 1. The van der Waals surface area contributed by atoms with Crippen LogP contribution in [0.1, 0.15) is 18.1 Å². The van der Waals surface area contributed by atoms with Crippen molar-refractivity contribution in [1.29, 1.82) is 5.26 Å². The van der Waals surface area contributed by atoms with E-state index in [2.05, 4.69) is 43.8 Å². The van der Waals surface area contributed by atoms with Gasteiger partial charge >= 0.3 is 0 Å². The highest BCUT2D eigenvalue weighted by Crippen LogP contribution is 2.34. The minimum Gasteiger partial charge on any atom is -0.494 e. The standard InChI is InChI=1S/C25H18BrCl2IN2O3/c1-2-33-20-5-3-4-19(12-20)31-25(32)17(13-30)8-15-9-21(26)24(23(29)10-15)34-14-16-6-7-18(27)11-22(16)28/h3-12H,2,14H2,1H3,(H,31,32)/b17-8-. The van der Waals surface area contributed by atoms with E-state index in [1.807, 2.05) is 25.1 Å². The van der Waals surface area contributed by atoms with Gasteiger partial charge < -0.3 is 14.8 Å². The molecule has 0 bridgehead atoms. The molecule has 0 unspecified atom stereocenters. The average Bonchev–Trinajstić information content (AvgIpc) is 2.78. The Morgan fingerprint density at radius 2 is 1.97 bits per heavy atom. The Labute approximate surface area is 229 Å². The Balaban J connectivity index is 1.76. The molecule has 0 saturated carbocycles. The van der Waals surface area contributed by atoms with Crippen molar-refractivity contribution in [1.82, 2.24) is 0 Å². The van der Waals surface area contributed by atoms with Gasteiger partial charge in [0.2, 0.25) is 0 Å². The predicted octanol–water partition coefficient (Wildman–Crippen LogP) is 7.88. The summed E-state index contributed by atoms with van der Waals surface area (Å²) in [7, 11) is 0. The Morgan fingerprint density at radius 1 is 1.18 bits per heavy atom. The van der Waals surface area contributed by atoms with E-state index in [4.69, 9.17) is 32.7 Å². The van der Waals surface area contributed by atoms with E-state index < -0.39 is 5.91 Å². The molecular formula is C25H18BrCl2IN2O3. The van der Waals surface area contributed by atoms with Crippen LogP contribution in [0.25, 0.3) is 6.08 Å². The first-order valence-electron chi connectivity index (χ1n) is 10.0. The number of hydrogen-bond donors (Lipinski definition) is 1. The summed E-state index contributed by atoms with van der Waals surface area (Å²) in [5, 5.41) is 13.4. The van der Waals surface area contributed by atoms with Crippen LogP contribution < -0.4 is 14.8 Å². The molecule has 3 rings (SSSR count). The van der Waals surface area contributed by atoms with Gasteiger partial charge in [0.25, 0.3) is 5.91 Å². The minimum absolute atomic E-state index is 0.0360. The average molecular weight is 672 g/mol. The number of carbonyl (C=O) groups excluding carboxylic acids is 1. The number of ether oxygens (including phenoxy) is 2. The predicted molar refractivity (Wildman–Crippen MR) is 147 cm³/mol. The summed E-state index contributed by atoms with van der Waals surface area (Å²) in [4.78, 5) is 12.7. The Kier molecular flexibility index (Phi) is 9.65. The van der Waals surface area contributed by atoms with Crippen LogP contribution in [-0.2, 0) is 11.4 Å². The molecule has 9 heteroatoms. The third-order valence-corrected chi connectivity index (χ3v) is 6.46. The second-order valence-electron chi connectivity index (χ2n) is 6.92. The van der Waals surface area contributed by atoms with Crippen LogP contribution >= 0.6 is 61.7 Å². The first-order valence-corrected chi connectivity index (χ1v) is 12.6. The molecule has 174 valence electrons. The number of anilines is 1. The SMILES string of the molecule is CCOc1cccc(NC(=O)/C(C#N)=C\c2cc(Br)c(OCc3ccc(Cl)cc3Cl)c(I)c2)c1. The second-order valence-corrected chi connectivity index (χ2v) is 9.78. The third kappa shape index (κ3) is 7.12. The molecule has 3 aromatic rings. The van der Waals surface area contributed by atoms with Crippen LogP contribution in [0, 0.1) is 14.9 Å². The Bertz CT molecular complexity index is 1270. The quantitative estimate of drug-likeness (QED) is 0.150. The van der Waals surface area contributed by atoms with Gasteiger partial charge in [-0.3, -0.25) is 4.79 Å². The summed E-state index contributed by atoms with van der Waals surface area (Å²) in [5.74, 6) is 0.746. The summed E-state index contributed by atoms with van der Waals surface area (Å²) in [6.45, 7) is 2.65. The lowest BCUT2D eigenvalue weighted by Crippen LogP contribution is -2.13. The van der Waals surface area contributed by atoms with E-state index in [-0.39, 0.29) is 12.2 Å². The summed E-state index contributed by atoms with van der Waals surface area (Å²) < 4.78 is 12.9. The molecule has 0 aliphatic carbocycles. The number of hydrogen-bond acceptors (Lipinski definition) is 4. The van der Waals surface area contributed by atoms with Crippen LogP contribution in [0.5, 0.6) is 11.5 Å². The topological polar surface area (TPSA) is 71.3 Å². The molecule has 1 amide bonds. The molecule has 34 heavy (non-hydrogen) atoms. The van der Waals surface area contributed by atoms with E-state index in [1.54, 1.807) is 42.5 Å². The normalized spacial score (nSPS) is 11.0. The van der Waals surface area contributed by atoms with Crippen LogP contribution in [0.2, 0.25) is 10.0 Å². The molecule has 0 aliphatic heterocycles. The van der Waals surface area contributed by atoms with E-state index in [0.717, 1.165) is 9.13 Å². The maximum Gasteiger partial charge on any atom is 0.266 e. The molecule has 0 atom stereocenters. The van der Waals surface area contributed by atoms with E-state index in [9.17, 15) is 10.1 Å². The molecule has 0 radical (unpaired) electrons. The number of nitriles is 1. The second kappa shape index (κ2) is 12.5. The number of nitrogens with zero attached hydrogens (tertiary/aromatic N) is 1. The van der Waals surface area contributed by atoms with E-state index in [1.165, 1.54) is 6.08 Å². The lowest BCUT2D eigenvalue weighted by molar-refractivity contribution is -0.112. The lowest BCUT2D eigenvalue weighted by Gasteiger charge is -2.13. The fraction of sp³-hybridized carbons (Fsp3) is 0.120. The summed E-state index contributed by atoms with van der Waals surface area (Å²) >= 11 is 17.8. The first kappa shape index (κ1) is 26.4. The van der Waals surface area contributed by atoms with Gasteiger partial charge in [0.15, 0.2) is 0 Å². The van der Waals surface area contributed by atoms with Gasteiger partial charge in [-0.2, -0.15) is 5.26 Å². The molecule has 0 saturated heterocycles. The molecular weight excluding hydrogens is 654 g/mol. The smallest absolute Gasteiger partial charge is 0.266 e. The Morgan fingerprint density at radius 3 is 2.65 bits per heavy atom. The summed E-state index contributed by atoms with van der Waals surface area (Å²) in [6.07, 6.45) is 1.52. The lowest BCUT2D eigenvalue weighted by atomic mass is 10.1. The highest BCUT2D eigenvalue weighted by molar-refractivity contribution is 14.1. The summed E-state index contributed by atoms with van der Waals surface area (Å²) in [5.41, 5.74) is 1.97. The van der Waals surface area contributed by atoms with E-state index in [0.29, 0.717) is 43.9 Å². The zero-order chi connectivity index (χ0) is 24.7. The fourth-order valence-corrected chi connectivity index (χ4v) is 5.17. The fourth-order valence-electron chi connectivity index (χ4n) is 2.93. The number of nitrogens with one attached hydrogen (secondary N) is 1. The molecule has 3 aromatic carbocycles. The van der Waals surface area contributed by atoms with Gasteiger partial charge in [-0.15, -0.1) is 0 Å². The largest absolute Gasteiger partial charge is 0.494 e. The van der Waals surface area contributed by atoms with Gasteiger partial charge in [0.05, 0.1) is 14.6 Å². The third-order valence-electron chi connectivity index (χ3n) is 4.49. The molecule has 0 aliphatic rings. The molecule has 0 spiro atoms. The van der Waals surface area contributed by atoms with Crippen molar-refractivity contribution in [2.24, 2.45) is 0 Å². The van der Waals surface area contributed by atoms with Crippen molar-refractivity contribution < 1.29 is 14.3 Å². The van der Waals surface area contributed by atoms with Crippen molar-refractivity contribution >= 4 is 79.4 Å². The summed E-state index contributed by atoms with van der Waals surface area (Å²) in [6, 6.07) is 17.8. The molecule has 0 aromatic heterocycles. The van der Waals surface area contributed by atoms with Crippen LogP contribution in [0.15, 0.2) is 64.6 Å². The zero-order valence-corrected chi connectivity index (χ0v) is 23.1. The van der Waals surface area contributed by atoms with Crippen LogP contribution in [0.4, 0.5) is 5.69 Å². The molecule has 1 N–H and O–H groups in total. The van der Waals surface area contributed by atoms with Crippen molar-refractivity contribution in [3.63, 3.8) is 0 Å². The van der Waals surface area contributed by atoms with Crippen molar-refractivity contribution in [3.8, 4) is 17.6 Å². The van der Waals surface area contributed by atoms with Crippen molar-refractivity contribution in [2.45, 2.75) is 13.5 Å². The highest BCUT2D eigenvalue weighted by Gasteiger charge is 2.14. The maximum atomic E-state index is 12.7. The number of carbonyl (C=O) groups is 1. The van der Waals surface area contributed by atoms with Gasteiger partial charge in [0, 0.05) is 27.4 Å². The van der Waals surface area contributed by atoms with Gasteiger partial charge in [-0.05, 0) is 93.5 Å². The van der Waals surface area contributed by atoms with Gasteiger partial charge in [-0.25, -0.2) is 0 Å². The number of halogens is 4. The zero-order valence-electron chi connectivity index (χ0n) is 17.9. The van der Waals surface area contributed by atoms with Crippen molar-refractivity contribution in [2.75, 3.05) is 11.9 Å². The van der Waals surface area contributed by atoms with Crippen LogP contribution in [-0.4, -0.2) is 12.5 Å².